The Labute approximate surface area is 122 Å². The first-order chi connectivity index (χ1) is 10.0. The van der Waals surface area contributed by atoms with Gasteiger partial charge in [0.05, 0.1) is 4.92 Å². The second kappa shape index (κ2) is 5.42. The zero-order valence-electron chi connectivity index (χ0n) is 11.6. The van der Waals surface area contributed by atoms with Gasteiger partial charge in [-0.2, -0.15) is 0 Å². The Morgan fingerprint density at radius 1 is 1.38 bits per heavy atom. The maximum Gasteiger partial charge on any atom is 0.274 e. The fraction of sp³-hybridized carbons (Fsp3) is 0.500. The van der Waals surface area contributed by atoms with Crippen molar-refractivity contribution in [2.24, 2.45) is 17.6 Å². The van der Waals surface area contributed by atoms with E-state index in [4.69, 9.17) is 5.73 Å². The highest BCUT2D eigenvalue weighted by molar-refractivity contribution is 5.93. The normalized spacial score (nSPS) is 25.0. The first-order valence-corrected chi connectivity index (χ1v) is 7.05. The van der Waals surface area contributed by atoms with Gasteiger partial charge in [0.25, 0.3) is 5.69 Å². The Kier molecular flexibility index (Phi) is 3.60. The van der Waals surface area contributed by atoms with Crippen molar-refractivity contribution in [1.82, 2.24) is 10.2 Å². The molecule has 3 rings (SSSR count). The summed E-state index contributed by atoms with van der Waals surface area (Å²) in [7, 11) is 0. The van der Waals surface area contributed by atoms with Crippen LogP contribution in [0, 0.1) is 22.0 Å². The second-order valence-corrected chi connectivity index (χ2v) is 5.84. The van der Waals surface area contributed by atoms with Crippen LogP contribution in [0.3, 0.4) is 0 Å². The van der Waals surface area contributed by atoms with Crippen LogP contribution < -0.4 is 11.1 Å². The van der Waals surface area contributed by atoms with Crippen molar-refractivity contribution < 1.29 is 9.72 Å². The Hall–Kier alpha value is -1.99. The summed E-state index contributed by atoms with van der Waals surface area (Å²) in [5.41, 5.74) is 5.96. The maximum atomic E-state index is 11.2. The van der Waals surface area contributed by atoms with E-state index in [9.17, 15) is 14.9 Å². The number of nitrogens with two attached hydrogens (primary N) is 1. The van der Waals surface area contributed by atoms with Gasteiger partial charge in [0.15, 0.2) is 0 Å². The van der Waals surface area contributed by atoms with E-state index in [2.05, 4.69) is 10.2 Å². The number of nitro benzene ring substituents is 1. The molecule has 3 N–H and O–H groups in total. The topological polar surface area (TPSA) is 102 Å². The molecule has 1 aromatic rings. The summed E-state index contributed by atoms with van der Waals surface area (Å²) in [5.74, 6) is 0.648. The lowest BCUT2D eigenvalue weighted by Crippen LogP contribution is -2.25. The maximum absolute atomic E-state index is 11.2. The van der Waals surface area contributed by atoms with Crippen molar-refractivity contribution in [2.75, 3.05) is 26.2 Å². The minimum Gasteiger partial charge on any atom is -0.366 e. The smallest absolute Gasteiger partial charge is 0.274 e. The molecule has 0 saturated carbocycles. The molecule has 0 unspecified atom stereocenters. The molecule has 112 valence electrons. The first-order valence-electron chi connectivity index (χ1n) is 7.05. The van der Waals surface area contributed by atoms with E-state index in [-0.39, 0.29) is 11.3 Å². The van der Waals surface area contributed by atoms with Crippen LogP contribution in [0.2, 0.25) is 0 Å². The third-order valence-electron chi connectivity index (χ3n) is 4.43. The zero-order valence-corrected chi connectivity index (χ0v) is 11.6. The van der Waals surface area contributed by atoms with Crippen LogP contribution in [-0.4, -0.2) is 41.9 Å². The lowest BCUT2D eigenvalue weighted by molar-refractivity contribution is -0.385. The van der Waals surface area contributed by atoms with Gasteiger partial charge in [0.1, 0.15) is 0 Å². The third-order valence-corrected chi connectivity index (χ3v) is 4.43. The van der Waals surface area contributed by atoms with Crippen LogP contribution in [0.1, 0.15) is 15.9 Å². The van der Waals surface area contributed by atoms with Gasteiger partial charge in [0.2, 0.25) is 5.91 Å². The molecule has 0 bridgehead atoms. The van der Waals surface area contributed by atoms with Gasteiger partial charge >= 0.3 is 0 Å². The molecule has 2 aliphatic rings. The number of amides is 1. The number of primary amides is 1. The van der Waals surface area contributed by atoms with Gasteiger partial charge in [-0.3, -0.25) is 19.8 Å². The number of nitro groups is 1. The highest BCUT2D eigenvalue weighted by Gasteiger charge is 2.36. The molecular weight excluding hydrogens is 272 g/mol. The quantitative estimate of drug-likeness (QED) is 0.615. The average Bonchev–Trinajstić information content (AvgIpc) is 2.99. The molecule has 7 heteroatoms. The van der Waals surface area contributed by atoms with Crippen LogP contribution in [0.4, 0.5) is 5.69 Å². The number of nitrogens with zero attached hydrogens (tertiary/aromatic N) is 2. The summed E-state index contributed by atoms with van der Waals surface area (Å²) < 4.78 is 0. The summed E-state index contributed by atoms with van der Waals surface area (Å²) >= 11 is 0. The first kappa shape index (κ1) is 14.0. The third kappa shape index (κ3) is 2.74. The molecule has 1 amide bonds. The Balaban J connectivity index is 1.78. The van der Waals surface area contributed by atoms with Crippen LogP contribution in [0.25, 0.3) is 0 Å². The predicted molar refractivity (Wildman–Crippen MR) is 76.7 cm³/mol. The van der Waals surface area contributed by atoms with Gasteiger partial charge in [0, 0.05) is 36.8 Å². The molecule has 2 aliphatic heterocycles. The van der Waals surface area contributed by atoms with Crippen molar-refractivity contribution in [2.45, 2.75) is 6.54 Å². The van der Waals surface area contributed by atoms with Gasteiger partial charge in [-0.15, -0.1) is 0 Å². The largest absolute Gasteiger partial charge is 0.366 e. The summed E-state index contributed by atoms with van der Waals surface area (Å²) in [6.07, 6.45) is 0. The average molecular weight is 290 g/mol. The summed E-state index contributed by atoms with van der Waals surface area (Å²) in [4.78, 5) is 24.1. The van der Waals surface area contributed by atoms with Crippen molar-refractivity contribution in [3.63, 3.8) is 0 Å². The van der Waals surface area contributed by atoms with Crippen molar-refractivity contribution >= 4 is 11.6 Å². The second-order valence-electron chi connectivity index (χ2n) is 5.84. The number of hydrogen-bond donors (Lipinski definition) is 2. The number of hydrogen-bond acceptors (Lipinski definition) is 5. The van der Waals surface area contributed by atoms with Crippen molar-refractivity contribution in [3.05, 3.63) is 39.4 Å². The number of likely N-dealkylation sites (tertiary alicyclic amines) is 1. The van der Waals surface area contributed by atoms with Gasteiger partial charge in [-0.1, -0.05) is 6.07 Å². The van der Waals surface area contributed by atoms with Crippen molar-refractivity contribution in [3.8, 4) is 0 Å². The van der Waals surface area contributed by atoms with Crippen LogP contribution in [0.5, 0.6) is 0 Å². The van der Waals surface area contributed by atoms with Crippen LogP contribution >= 0.6 is 0 Å². The van der Waals surface area contributed by atoms with E-state index in [1.54, 1.807) is 12.1 Å². The minimum atomic E-state index is -0.647. The molecular formula is C14H18N4O3. The number of carbonyl (C=O) groups excluding carboxylic acids is 1. The molecule has 2 saturated heterocycles. The Morgan fingerprint density at radius 3 is 2.62 bits per heavy atom. The van der Waals surface area contributed by atoms with E-state index in [1.165, 1.54) is 6.07 Å². The lowest BCUT2D eigenvalue weighted by atomic mass is 10.0. The monoisotopic (exact) mass is 290 g/mol. The molecule has 0 spiro atoms. The van der Waals surface area contributed by atoms with E-state index in [0.29, 0.717) is 23.9 Å². The summed E-state index contributed by atoms with van der Waals surface area (Å²) in [5, 5.41) is 14.6. The number of benzene rings is 1. The van der Waals surface area contributed by atoms with E-state index in [1.807, 2.05) is 0 Å². The van der Waals surface area contributed by atoms with E-state index < -0.39 is 10.8 Å². The zero-order chi connectivity index (χ0) is 15.0. The number of nitrogens with one attached hydrogen (secondary N) is 1. The van der Waals surface area contributed by atoms with E-state index in [0.717, 1.165) is 26.2 Å². The van der Waals surface area contributed by atoms with Crippen LogP contribution in [0.15, 0.2) is 18.2 Å². The molecule has 2 heterocycles. The number of rotatable bonds is 4. The van der Waals surface area contributed by atoms with Gasteiger partial charge in [-0.25, -0.2) is 0 Å². The highest BCUT2D eigenvalue weighted by Crippen LogP contribution is 2.29. The molecule has 0 aliphatic carbocycles. The summed E-state index contributed by atoms with van der Waals surface area (Å²) in [6, 6.07) is 4.48. The van der Waals surface area contributed by atoms with Gasteiger partial charge in [-0.05, 0) is 31.0 Å². The van der Waals surface area contributed by atoms with E-state index >= 15 is 0 Å². The predicted octanol–water partition coefficient (Wildman–Crippen LogP) is 0.345. The minimum absolute atomic E-state index is 0.0264. The molecule has 2 fully saturated rings. The SMILES string of the molecule is NC(=O)c1ccc(CN2C[C@H]3CNC[C@H]3C2)c([N+](=O)[O-])c1. The molecule has 1 aromatic carbocycles. The molecule has 0 radical (unpaired) electrons. The molecule has 0 aromatic heterocycles. The number of fused-ring (bicyclic) bond motifs is 1. The fourth-order valence-electron chi connectivity index (χ4n) is 3.34. The lowest BCUT2D eigenvalue weighted by Gasteiger charge is -2.17. The number of carbonyl (C=O) groups is 1. The highest BCUT2D eigenvalue weighted by atomic mass is 16.6. The Morgan fingerprint density at radius 2 is 2.05 bits per heavy atom. The summed E-state index contributed by atoms with van der Waals surface area (Å²) in [6.45, 7) is 4.54. The Bertz CT molecular complexity index is 578. The van der Waals surface area contributed by atoms with Gasteiger partial charge < -0.3 is 11.1 Å². The van der Waals surface area contributed by atoms with Crippen LogP contribution in [-0.2, 0) is 6.54 Å². The molecule has 2 atom stereocenters. The standard InChI is InChI=1S/C14H18N4O3/c15-14(19)9-1-2-10(13(3-9)18(20)21)6-17-7-11-4-16-5-12(11)8-17/h1-3,11-12,16H,4-8H2,(H2,15,19)/t11-,12+. The molecule has 21 heavy (non-hydrogen) atoms. The molecule has 7 nitrogen and oxygen atoms in total. The fourth-order valence-corrected chi connectivity index (χ4v) is 3.34. The van der Waals surface area contributed by atoms with Crippen molar-refractivity contribution in [1.29, 1.82) is 0 Å².